The standard InChI is InChI=1S/C10H17BrN4O2S/c11-2-5-14-3-1-4-15(7-6-14)18(16,17)10-8-12-9-13-10/h8-9H,1-7H2,(H,12,13). The summed E-state index contributed by atoms with van der Waals surface area (Å²) >= 11 is 3.41. The van der Waals surface area contributed by atoms with Gasteiger partial charge in [0.15, 0.2) is 5.03 Å². The second-order valence-electron chi connectivity index (χ2n) is 4.20. The molecule has 0 amide bonds. The molecule has 0 saturated carbocycles. The maximum atomic E-state index is 12.3. The van der Waals surface area contributed by atoms with E-state index < -0.39 is 10.0 Å². The highest BCUT2D eigenvalue weighted by molar-refractivity contribution is 9.09. The monoisotopic (exact) mass is 336 g/mol. The molecular weight excluding hydrogens is 320 g/mol. The molecule has 1 N–H and O–H groups in total. The Labute approximate surface area is 116 Å². The maximum Gasteiger partial charge on any atom is 0.260 e. The highest BCUT2D eigenvalue weighted by Crippen LogP contribution is 2.15. The number of imidazole rings is 1. The average molecular weight is 337 g/mol. The van der Waals surface area contributed by atoms with Gasteiger partial charge in [0.2, 0.25) is 0 Å². The van der Waals surface area contributed by atoms with Crippen LogP contribution in [-0.2, 0) is 10.0 Å². The molecule has 0 bridgehead atoms. The van der Waals surface area contributed by atoms with Crippen LogP contribution >= 0.6 is 15.9 Å². The first kappa shape index (κ1) is 14.0. The fourth-order valence-corrected chi connectivity index (χ4v) is 3.92. The summed E-state index contributed by atoms with van der Waals surface area (Å²) in [5.74, 6) is 0. The molecule has 1 aliphatic rings. The van der Waals surface area contributed by atoms with E-state index in [0.29, 0.717) is 13.1 Å². The number of hydrogen-bond acceptors (Lipinski definition) is 4. The minimum atomic E-state index is -3.40. The molecule has 1 aromatic rings. The number of hydrogen-bond donors (Lipinski definition) is 1. The van der Waals surface area contributed by atoms with Crippen LogP contribution in [0.1, 0.15) is 6.42 Å². The summed E-state index contributed by atoms with van der Waals surface area (Å²) in [6.45, 7) is 3.78. The molecule has 1 saturated heterocycles. The van der Waals surface area contributed by atoms with E-state index in [9.17, 15) is 8.42 Å². The fraction of sp³-hybridized carbons (Fsp3) is 0.700. The van der Waals surface area contributed by atoms with Gasteiger partial charge in [0, 0.05) is 31.5 Å². The lowest BCUT2D eigenvalue weighted by atomic mass is 10.4. The molecule has 1 aliphatic heterocycles. The molecule has 1 aromatic heterocycles. The maximum absolute atomic E-state index is 12.3. The van der Waals surface area contributed by atoms with Crippen molar-refractivity contribution in [3.8, 4) is 0 Å². The van der Waals surface area contributed by atoms with Crippen molar-refractivity contribution in [1.82, 2.24) is 19.2 Å². The lowest BCUT2D eigenvalue weighted by Gasteiger charge is -2.20. The van der Waals surface area contributed by atoms with Crippen molar-refractivity contribution < 1.29 is 8.42 Å². The number of aromatic nitrogens is 2. The molecule has 8 heteroatoms. The number of aromatic amines is 1. The van der Waals surface area contributed by atoms with Gasteiger partial charge >= 0.3 is 0 Å². The van der Waals surface area contributed by atoms with Crippen molar-refractivity contribution >= 4 is 26.0 Å². The number of halogens is 1. The zero-order valence-electron chi connectivity index (χ0n) is 10.0. The Kier molecular flexibility index (Phi) is 4.77. The van der Waals surface area contributed by atoms with Crippen molar-refractivity contribution in [1.29, 1.82) is 0 Å². The third kappa shape index (κ3) is 3.11. The predicted molar refractivity (Wildman–Crippen MR) is 72.2 cm³/mol. The minimum Gasteiger partial charge on any atom is -0.335 e. The van der Waals surface area contributed by atoms with Crippen molar-refractivity contribution in [2.45, 2.75) is 11.4 Å². The average Bonchev–Trinajstić information content (AvgIpc) is 2.78. The van der Waals surface area contributed by atoms with Crippen molar-refractivity contribution in [2.75, 3.05) is 38.1 Å². The number of nitrogens with one attached hydrogen (secondary N) is 1. The summed E-state index contributed by atoms with van der Waals surface area (Å²) in [6, 6.07) is 0. The van der Waals surface area contributed by atoms with Crippen LogP contribution < -0.4 is 0 Å². The third-order valence-electron chi connectivity index (χ3n) is 3.04. The van der Waals surface area contributed by atoms with Gasteiger partial charge in [0.1, 0.15) is 0 Å². The largest absolute Gasteiger partial charge is 0.335 e. The zero-order valence-corrected chi connectivity index (χ0v) is 12.5. The minimum absolute atomic E-state index is 0.177. The van der Waals surface area contributed by atoms with E-state index in [-0.39, 0.29) is 5.03 Å². The molecule has 0 spiro atoms. The molecule has 18 heavy (non-hydrogen) atoms. The molecule has 0 aliphatic carbocycles. The lowest BCUT2D eigenvalue weighted by molar-refractivity contribution is 0.305. The van der Waals surface area contributed by atoms with Crippen LogP contribution in [0, 0.1) is 0 Å². The molecule has 0 atom stereocenters. The normalized spacial score (nSPS) is 19.8. The topological polar surface area (TPSA) is 69.3 Å². The van der Waals surface area contributed by atoms with Crippen LogP contribution in [0.5, 0.6) is 0 Å². The summed E-state index contributed by atoms with van der Waals surface area (Å²) in [5, 5.41) is 1.09. The molecule has 6 nitrogen and oxygen atoms in total. The molecular formula is C10H17BrN4O2S. The van der Waals surface area contributed by atoms with Gasteiger partial charge < -0.3 is 9.88 Å². The Balaban J connectivity index is 2.06. The van der Waals surface area contributed by atoms with E-state index in [0.717, 1.165) is 31.4 Å². The Morgan fingerprint density at radius 1 is 1.33 bits per heavy atom. The number of H-pyrrole nitrogens is 1. The number of alkyl halides is 1. The van der Waals surface area contributed by atoms with Gasteiger partial charge in [0.25, 0.3) is 10.0 Å². The zero-order chi connectivity index (χ0) is 13.0. The number of sulfonamides is 1. The van der Waals surface area contributed by atoms with E-state index >= 15 is 0 Å². The van der Waals surface area contributed by atoms with E-state index in [1.165, 1.54) is 16.8 Å². The second kappa shape index (κ2) is 6.14. The highest BCUT2D eigenvalue weighted by Gasteiger charge is 2.27. The van der Waals surface area contributed by atoms with Gasteiger partial charge in [-0.25, -0.2) is 13.4 Å². The van der Waals surface area contributed by atoms with Gasteiger partial charge in [-0.15, -0.1) is 0 Å². The lowest BCUT2D eigenvalue weighted by Crippen LogP contribution is -2.35. The predicted octanol–water partition coefficient (Wildman–Crippen LogP) is 0.501. The Hall–Kier alpha value is -0.440. The molecule has 2 rings (SSSR count). The quantitative estimate of drug-likeness (QED) is 0.813. The smallest absolute Gasteiger partial charge is 0.260 e. The van der Waals surface area contributed by atoms with Gasteiger partial charge in [-0.05, 0) is 13.0 Å². The highest BCUT2D eigenvalue weighted by atomic mass is 79.9. The second-order valence-corrected chi connectivity index (χ2v) is 6.90. The van der Waals surface area contributed by atoms with Gasteiger partial charge in [-0.2, -0.15) is 4.31 Å². The van der Waals surface area contributed by atoms with Gasteiger partial charge in [0.05, 0.1) is 12.5 Å². The van der Waals surface area contributed by atoms with E-state index in [2.05, 4.69) is 30.8 Å². The SMILES string of the molecule is O=S(=O)(c1cnc[nH]1)N1CCCN(CCBr)CC1. The molecule has 102 valence electrons. The number of rotatable bonds is 4. The summed E-state index contributed by atoms with van der Waals surface area (Å²) in [5.41, 5.74) is 0. The van der Waals surface area contributed by atoms with Crippen molar-refractivity contribution in [3.05, 3.63) is 12.5 Å². The summed E-state index contributed by atoms with van der Waals surface area (Å²) in [6.07, 6.45) is 3.61. The molecule has 0 aromatic carbocycles. The van der Waals surface area contributed by atoms with Gasteiger partial charge in [-0.1, -0.05) is 15.9 Å². The van der Waals surface area contributed by atoms with Crippen molar-refractivity contribution in [3.63, 3.8) is 0 Å². The summed E-state index contributed by atoms with van der Waals surface area (Å²) in [7, 11) is -3.40. The molecule has 1 fully saturated rings. The Morgan fingerprint density at radius 2 is 2.17 bits per heavy atom. The summed E-state index contributed by atoms with van der Waals surface area (Å²) in [4.78, 5) is 8.72. The van der Waals surface area contributed by atoms with Crippen LogP contribution in [-0.4, -0.2) is 65.6 Å². The van der Waals surface area contributed by atoms with Crippen LogP contribution in [0.15, 0.2) is 17.6 Å². The van der Waals surface area contributed by atoms with Crippen LogP contribution in [0.4, 0.5) is 0 Å². The van der Waals surface area contributed by atoms with E-state index in [1.54, 1.807) is 0 Å². The van der Waals surface area contributed by atoms with Gasteiger partial charge in [-0.3, -0.25) is 0 Å². The fourth-order valence-electron chi connectivity index (χ4n) is 2.05. The molecule has 0 unspecified atom stereocenters. The molecule has 2 heterocycles. The van der Waals surface area contributed by atoms with Crippen LogP contribution in [0.2, 0.25) is 0 Å². The third-order valence-corrected chi connectivity index (χ3v) is 5.22. The van der Waals surface area contributed by atoms with Crippen LogP contribution in [0.3, 0.4) is 0 Å². The van der Waals surface area contributed by atoms with Crippen LogP contribution in [0.25, 0.3) is 0 Å². The van der Waals surface area contributed by atoms with E-state index in [4.69, 9.17) is 0 Å². The number of nitrogens with zero attached hydrogens (tertiary/aromatic N) is 3. The first-order valence-electron chi connectivity index (χ1n) is 5.91. The summed E-state index contributed by atoms with van der Waals surface area (Å²) < 4.78 is 26.1. The first-order valence-corrected chi connectivity index (χ1v) is 8.47. The van der Waals surface area contributed by atoms with E-state index in [1.807, 2.05) is 0 Å². The van der Waals surface area contributed by atoms with Crippen molar-refractivity contribution in [2.24, 2.45) is 0 Å². The molecule has 0 radical (unpaired) electrons. The Morgan fingerprint density at radius 3 is 2.83 bits per heavy atom. The Bertz CT molecular complexity index is 462. The first-order chi connectivity index (χ1) is 8.64.